The number of aromatic nitrogens is 3. The molecule has 1 amide bonds. The SMILES string of the molecule is CCn1nccc1NC(=O)c1nc(-c2ccc(C(C)(C)C)cc2)oc1-c1cccc(N(C)C)c1. The second kappa shape index (κ2) is 9.17. The van der Waals surface area contributed by atoms with Crippen LogP contribution in [0, 0.1) is 0 Å². The maximum Gasteiger partial charge on any atom is 0.279 e. The van der Waals surface area contributed by atoms with Gasteiger partial charge in [0.2, 0.25) is 5.89 Å². The number of anilines is 2. The van der Waals surface area contributed by atoms with E-state index in [-0.39, 0.29) is 17.0 Å². The molecule has 2 aromatic heterocycles. The molecule has 4 rings (SSSR count). The van der Waals surface area contributed by atoms with Crippen molar-refractivity contribution in [3.8, 4) is 22.8 Å². The number of aryl methyl sites for hydroxylation is 1. The van der Waals surface area contributed by atoms with Crippen LogP contribution in [0.3, 0.4) is 0 Å². The number of nitrogens with one attached hydrogen (secondary N) is 1. The Hall–Kier alpha value is -3.87. The van der Waals surface area contributed by atoms with Gasteiger partial charge in [-0.05, 0) is 42.2 Å². The normalized spacial score (nSPS) is 11.5. The zero-order valence-electron chi connectivity index (χ0n) is 20.6. The topological polar surface area (TPSA) is 76.2 Å². The Balaban J connectivity index is 1.78. The van der Waals surface area contributed by atoms with E-state index in [1.807, 2.05) is 62.3 Å². The van der Waals surface area contributed by atoms with E-state index in [0.717, 1.165) is 16.8 Å². The highest BCUT2D eigenvalue weighted by atomic mass is 16.4. The van der Waals surface area contributed by atoms with E-state index in [2.05, 4.69) is 48.3 Å². The fourth-order valence-electron chi connectivity index (χ4n) is 3.70. The lowest BCUT2D eigenvalue weighted by atomic mass is 9.87. The van der Waals surface area contributed by atoms with Gasteiger partial charge >= 0.3 is 0 Å². The number of carbonyl (C=O) groups is 1. The molecule has 0 aliphatic heterocycles. The number of nitrogens with zero attached hydrogens (tertiary/aromatic N) is 4. The van der Waals surface area contributed by atoms with E-state index < -0.39 is 0 Å². The average molecular weight is 458 g/mol. The first-order chi connectivity index (χ1) is 16.2. The summed E-state index contributed by atoms with van der Waals surface area (Å²) in [6, 6.07) is 17.7. The molecule has 0 aliphatic carbocycles. The summed E-state index contributed by atoms with van der Waals surface area (Å²) >= 11 is 0. The number of carbonyl (C=O) groups excluding carboxylic acids is 1. The van der Waals surface area contributed by atoms with E-state index in [0.29, 0.717) is 24.0 Å². The van der Waals surface area contributed by atoms with Crippen LogP contribution in [0.5, 0.6) is 0 Å². The molecule has 0 saturated heterocycles. The first-order valence-corrected chi connectivity index (χ1v) is 11.4. The number of hydrogen-bond acceptors (Lipinski definition) is 5. The summed E-state index contributed by atoms with van der Waals surface area (Å²) < 4.78 is 7.95. The van der Waals surface area contributed by atoms with Crippen LogP contribution in [0.2, 0.25) is 0 Å². The van der Waals surface area contributed by atoms with Crippen LogP contribution in [-0.2, 0) is 12.0 Å². The van der Waals surface area contributed by atoms with Crippen LogP contribution in [0.25, 0.3) is 22.8 Å². The molecule has 2 heterocycles. The molecule has 0 spiro atoms. The summed E-state index contributed by atoms with van der Waals surface area (Å²) in [6.45, 7) is 9.13. The number of rotatable bonds is 6. The molecular weight excluding hydrogens is 426 g/mol. The van der Waals surface area contributed by atoms with Gasteiger partial charge in [0.05, 0.1) is 6.20 Å². The smallest absolute Gasteiger partial charge is 0.279 e. The maximum atomic E-state index is 13.3. The first kappa shape index (κ1) is 23.3. The fourth-order valence-corrected chi connectivity index (χ4v) is 3.70. The Morgan fingerprint density at radius 3 is 2.44 bits per heavy atom. The molecule has 2 aromatic carbocycles. The molecule has 7 nitrogen and oxygen atoms in total. The van der Waals surface area contributed by atoms with Crippen molar-refractivity contribution < 1.29 is 9.21 Å². The summed E-state index contributed by atoms with van der Waals surface area (Å²) in [5, 5.41) is 7.15. The summed E-state index contributed by atoms with van der Waals surface area (Å²) in [4.78, 5) is 20.0. The van der Waals surface area contributed by atoms with Gasteiger partial charge in [-0.3, -0.25) is 4.79 Å². The molecule has 0 aliphatic rings. The third kappa shape index (κ3) is 4.73. The van der Waals surface area contributed by atoms with Crippen molar-refractivity contribution >= 4 is 17.4 Å². The zero-order chi connectivity index (χ0) is 24.5. The van der Waals surface area contributed by atoms with Crippen molar-refractivity contribution in [3.05, 3.63) is 72.1 Å². The first-order valence-electron chi connectivity index (χ1n) is 11.4. The summed E-state index contributed by atoms with van der Waals surface area (Å²) in [5.74, 6) is 1.10. The lowest BCUT2D eigenvalue weighted by Crippen LogP contribution is -2.16. The Morgan fingerprint density at radius 1 is 1.06 bits per heavy atom. The summed E-state index contributed by atoms with van der Waals surface area (Å²) in [5.41, 5.74) is 4.09. The molecule has 0 radical (unpaired) electrons. The van der Waals surface area contributed by atoms with Gasteiger partial charge < -0.3 is 14.6 Å². The average Bonchev–Trinajstić information content (AvgIpc) is 3.45. The van der Waals surface area contributed by atoms with Crippen molar-refractivity contribution in [3.63, 3.8) is 0 Å². The lowest BCUT2D eigenvalue weighted by Gasteiger charge is -2.18. The van der Waals surface area contributed by atoms with Crippen molar-refractivity contribution in [2.45, 2.75) is 39.7 Å². The van der Waals surface area contributed by atoms with Crippen LogP contribution >= 0.6 is 0 Å². The highest BCUT2D eigenvalue weighted by Crippen LogP contribution is 2.33. The quantitative estimate of drug-likeness (QED) is 0.394. The predicted octanol–water partition coefficient (Wildman–Crippen LogP) is 5.84. The number of oxazole rings is 1. The summed E-state index contributed by atoms with van der Waals surface area (Å²) in [6.07, 6.45) is 1.66. The monoisotopic (exact) mass is 457 g/mol. The number of amides is 1. The van der Waals surface area contributed by atoms with Crippen molar-refractivity contribution in [2.75, 3.05) is 24.3 Å². The highest BCUT2D eigenvalue weighted by molar-refractivity contribution is 6.06. The molecule has 0 fully saturated rings. The van der Waals surface area contributed by atoms with Gasteiger partial charge in [0, 0.05) is 43.5 Å². The molecule has 4 aromatic rings. The molecule has 0 atom stereocenters. The minimum absolute atomic E-state index is 0.0418. The van der Waals surface area contributed by atoms with Crippen LogP contribution < -0.4 is 10.2 Å². The third-order valence-corrected chi connectivity index (χ3v) is 5.72. The van der Waals surface area contributed by atoms with Crippen molar-refractivity contribution in [1.29, 1.82) is 0 Å². The van der Waals surface area contributed by atoms with Gasteiger partial charge in [0.1, 0.15) is 5.82 Å². The molecule has 1 N–H and O–H groups in total. The van der Waals surface area contributed by atoms with E-state index in [1.54, 1.807) is 16.9 Å². The van der Waals surface area contributed by atoms with Crippen molar-refractivity contribution in [2.24, 2.45) is 0 Å². The zero-order valence-corrected chi connectivity index (χ0v) is 20.6. The molecule has 0 saturated carbocycles. The molecule has 176 valence electrons. The van der Waals surface area contributed by atoms with Crippen LogP contribution in [0.4, 0.5) is 11.5 Å². The van der Waals surface area contributed by atoms with Crippen LogP contribution in [0.1, 0.15) is 43.7 Å². The second-order valence-corrected chi connectivity index (χ2v) is 9.46. The fraction of sp³-hybridized carbons (Fsp3) is 0.296. The van der Waals surface area contributed by atoms with E-state index in [9.17, 15) is 4.79 Å². The van der Waals surface area contributed by atoms with Crippen molar-refractivity contribution in [1.82, 2.24) is 14.8 Å². The van der Waals surface area contributed by atoms with E-state index in [4.69, 9.17) is 4.42 Å². The standard InChI is InChI=1S/C27H31N5O2/c1-7-32-22(15-16-28-32)29-25(33)23-24(19-9-8-10-21(17-19)31(5)6)34-26(30-23)18-11-13-20(14-12-18)27(2,3)4/h8-17H,7H2,1-6H3,(H,29,33). The van der Waals surface area contributed by atoms with Gasteiger partial charge in [-0.2, -0.15) is 5.10 Å². The number of benzene rings is 2. The molecule has 0 unspecified atom stereocenters. The van der Waals surface area contributed by atoms with Gasteiger partial charge in [-0.25, -0.2) is 9.67 Å². The van der Waals surface area contributed by atoms with Crippen LogP contribution in [-0.4, -0.2) is 34.8 Å². The highest BCUT2D eigenvalue weighted by Gasteiger charge is 2.24. The Kier molecular flexibility index (Phi) is 6.28. The molecule has 7 heteroatoms. The van der Waals surface area contributed by atoms with Gasteiger partial charge in [0.15, 0.2) is 11.5 Å². The maximum absolute atomic E-state index is 13.3. The largest absolute Gasteiger partial charge is 0.435 e. The van der Waals surface area contributed by atoms with Gasteiger partial charge in [-0.15, -0.1) is 0 Å². The Bertz CT molecular complexity index is 1290. The van der Waals surface area contributed by atoms with Gasteiger partial charge in [-0.1, -0.05) is 45.0 Å². The Morgan fingerprint density at radius 2 is 1.79 bits per heavy atom. The molecule has 0 bridgehead atoms. The second-order valence-electron chi connectivity index (χ2n) is 9.46. The predicted molar refractivity (Wildman–Crippen MR) is 136 cm³/mol. The Labute approximate surface area is 200 Å². The molecule has 34 heavy (non-hydrogen) atoms. The van der Waals surface area contributed by atoms with Crippen LogP contribution in [0.15, 0.2) is 65.2 Å². The molecular formula is C27H31N5O2. The van der Waals surface area contributed by atoms with Gasteiger partial charge in [0.25, 0.3) is 5.91 Å². The minimum atomic E-state index is -0.346. The summed E-state index contributed by atoms with van der Waals surface area (Å²) in [7, 11) is 3.95. The van der Waals surface area contributed by atoms with E-state index >= 15 is 0 Å². The number of hydrogen-bond donors (Lipinski definition) is 1. The van der Waals surface area contributed by atoms with E-state index in [1.165, 1.54) is 5.56 Å². The lowest BCUT2D eigenvalue weighted by molar-refractivity contribution is 0.102. The third-order valence-electron chi connectivity index (χ3n) is 5.72. The minimum Gasteiger partial charge on any atom is -0.435 e.